The fourth-order valence-corrected chi connectivity index (χ4v) is 2.42. The average Bonchev–Trinajstić information content (AvgIpc) is 2.15. The SMILES string of the molecule is CC(=O)C[C@@H]1CC2COCC(N2)C1(F)F. The van der Waals surface area contributed by atoms with Gasteiger partial charge >= 0.3 is 0 Å². The molecular formula is C10H15F2NO2. The van der Waals surface area contributed by atoms with E-state index in [0.29, 0.717) is 13.0 Å². The monoisotopic (exact) mass is 219 g/mol. The van der Waals surface area contributed by atoms with Gasteiger partial charge in [0.1, 0.15) is 5.78 Å². The zero-order valence-corrected chi connectivity index (χ0v) is 8.63. The highest BCUT2D eigenvalue weighted by Gasteiger charge is 2.53. The molecule has 2 saturated heterocycles. The number of rotatable bonds is 2. The summed E-state index contributed by atoms with van der Waals surface area (Å²) in [7, 11) is 0. The number of carbonyl (C=O) groups is 1. The molecule has 5 heteroatoms. The van der Waals surface area contributed by atoms with E-state index in [1.165, 1.54) is 6.92 Å². The third-order valence-electron chi connectivity index (χ3n) is 3.15. The quantitative estimate of drug-likeness (QED) is 0.752. The van der Waals surface area contributed by atoms with Crippen molar-refractivity contribution in [1.82, 2.24) is 5.32 Å². The molecule has 86 valence electrons. The van der Waals surface area contributed by atoms with Gasteiger partial charge in [0.15, 0.2) is 0 Å². The zero-order chi connectivity index (χ0) is 11.1. The van der Waals surface area contributed by atoms with Crippen LogP contribution < -0.4 is 5.32 Å². The lowest BCUT2D eigenvalue weighted by Crippen LogP contribution is -2.64. The topological polar surface area (TPSA) is 38.3 Å². The third kappa shape index (κ3) is 2.03. The molecule has 0 aromatic carbocycles. The molecule has 0 aromatic heterocycles. The first kappa shape index (κ1) is 11.0. The van der Waals surface area contributed by atoms with Crippen LogP contribution in [0.1, 0.15) is 19.8 Å². The number of alkyl halides is 2. The molecule has 3 nitrogen and oxygen atoms in total. The van der Waals surface area contributed by atoms with Gasteiger partial charge in [0.25, 0.3) is 5.92 Å². The molecular weight excluding hydrogens is 204 g/mol. The number of hydrogen-bond acceptors (Lipinski definition) is 3. The average molecular weight is 219 g/mol. The second-order valence-corrected chi connectivity index (χ2v) is 4.47. The van der Waals surface area contributed by atoms with E-state index in [1.807, 2.05) is 0 Å². The van der Waals surface area contributed by atoms with Crippen molar-refractivity contribution in [2.45, 2.75) is 37.8 Å². The van der Waals surface area contributed by atoms with Crippen molar-refractivity contribution in [3.63, 3.8) is 0 Å². The molecule has 0 aliphatic carbocycles. The van der Waals surface area contributed by atoms with Crippen molar-refractivity contribution in [3.05, 3.63) is 0 Å². The van der Waals surface area contributed by atoms with E-state index in [4.69, 9.17) is 4.74 Å². The smallest absolute Gasteiger partial charge is 0.268 e. The lowest BCUT2D eigenvalue weighted by Gasteiger charge is -2.45. The van der Waals surface area contributed by atoms with E-state index >= 15 is 0 Å². The van der Waals surface area contributed by atoms with Crippen molar-refractivity contribution >= 4 is 5.78 Å². The van der Waals surface area contributed by atoms with Crippen LogP contribution in [0.4, 0.5) is 8.78 Å². The molecule has 0 spiro atoms. The van der Waals surface area contributed by atoms with Gasteiger partial charge in [-0.3, -0.25) is 0 Å². The summed E-state index contributed by atoms with van der Waals surface area (Å²) in [5, 5.41) is 2.86. The van der Waals surface area contributed by atoms with Crippen molar-refractivity contribution < 1.29 is 18.3 Å². The van der Waals surface area contributed by atoms with E-state index in [0.717, 1.165) is 0 Å². The van der Waals surface area contributed by atoms with Gasteiger partial charge in [-0.25, -0.2) is 8.78 Å². The summed E-state index contributed by atoms with van der Waals surface area (Å²) in [4.78, 5) is 10.9. The van der Waals surface area contributed by atoms with Crippen LogP contribution in [0.2, 0.25) is 0 Å². The van der Waals surface area contributed by atoms with E-state index in [9.17, 15) is 13.6 Å². The van der Waals surface area contributed by atoms with Crippen molar-refractivity contribution in [2.24, 2.45) is 5.92 Å². The largest absolute Gasteiger partial charge is 0.378 e. The molecule has 2 heterocycles. The van der Waals surface area contributed by atoms with Crippen molar-refractivity contribution in [2.75, 3.05) is 13.2 Å². The van der Waals surface area contributed by atoms with Gasteiger partial charge in [-0.05, 0) is 13.3 Å². The van der Waals surface area contributed by atoms with Gasteiger partial charge in [-0.1, -0.05) is 0 Å². The molecule has 1 N–H and O–H groups in total. The Morgan fingerprint density at radius 3 is 2.93 bits per heavy atom. The molecule has 0 radical (unpaired) electrons. The minimum atomic E-state index is -2.83. The van der Waals surface area contributed by atoms with E-state index < -0.39 is 17.9 Å². The summed E-state index contributed by atoms with van der Waals surface area (Å²) in [5.41, 5.74) is 0. The Balaban J connectivity index is 2.12. The van der Waals surface area contributed by atoms with Gasteiger partial charge in [-0.15, -0.1) is 0 Å². The van der Waals surface area contributed by atoms with E-state index in [-0.39, 0.29) is 24.9 Å². The Bertz CT molecular complexity index is 270. The molecule has 0 saturated carbocycles. The molecule has 2 fully saturated rings. The Morgan fingerprint density at radius 2 is 2.27 bits per heavy atom. The molecule has 2 rings (SSSR count). The number of ether oxygens (including phenoxy) is 1. The van der Waals surface area contributed by atoms with Crippen LogP contribution >= 0.6 is 0 Å². The molecule has 0 aromatic rings. The van der Waals surface area contributed by atoms with Crippen LogP contribution in [-0.4, -0.2) is 37.0 Å². The predicted octanol–water partition coefficient (Wildman–Crippen LogP) is 0.978. The van der Waals surface area contributed by atoms with Crippen LogP contribution in [-0.2, 0) is 9.53 Å². The zero-order valence-electron chi connectivity index (χ0n) is 8.63. The van der Waals surface area contributed by atoms with Crippen LogP contribution in [0.15, 0.2) is 0 Å². The Labute approximate surface area is 87.2 Å². The third-order valence-corrected chi connectivity index (χ3v) is 3.15. The first-order valence-corrected chi connectivity index (χ1v) is 5.21. The summed E-state index contributed by atoms with van der Waals surface area (Å²) >= 11 is 0. The minimum absolute atomic E-state index is 0.0206. The highest BCUT2D eigenvalue weighted by atomic mass is 19.3. The maximum absolute atomic E-state index is 13.8. The lowest BCUT2D eigenvalue weighted by atomic mass is 9.80. The molecule has 3 atom stereocenters. The number of piperidine rings is 1. The highest BCUT2D eigenvalue weighted by molar-refractivity contribution is 5.75. The standard InChI is InChI=1S/C10H15F2NO2/c1-6(14)2-7-3-8-4-15-5-9(13-8)10(7,11)12/h7-9,13H,2-5H2,1H3/t7-,8?,9?/m1/s1. The molecule has 0 amide bonds. The number of fused-ring (bicyclic) bond motifs is 2. The Hall–Kier alpha value is -0.550. The highest BCUT2D eigenvalue weighted by Crippen LogP contribution is 2.39. The number of hydrogen-bond donors (Lipinski definition) is 1. The predicted molar refractivity (Wildman–Crippen MR) is 49.9 cm³/mol. The molecule has 2 aliphatic rings. The first-order chi connectivity index (χ1) is 7.00. The minimum Gasteiger partial charge on any atom is -0.378 e. The maximum atomic E-state index is 13.8. The normalized spacial score (nSPS) is 38.7. The van der Waals surface area contributed by atoms with Crippen LogP contribution in [0.5, 0.6) is 0 Å². The van der Waals surface area contributed by atoms with E-state index in [1.54, 1.807) is 0 Å². The van der Waals surface area contributed by atoms with Crippen molar-refractivity contribution in [1.29, 1.82) is 0 Å². The Kier molecular flexibility index (Phi) is 2.77. The number of carbonyl (C=O) groups excluding carboxylic acids is 1. The Morgan fingerprint density at radius 1 is 1.53 bits per heavy atom. The van der Waals surface area contributed by atoms with Crippen LogP contribution in [0.3, 0.4) is 0 Å². The number of nitrogens with one attached hydrogen (secondary N) is 1. The fourth-order valence-electron chi connectivity index (χ4n) is 2.42. The molecule has 2 unspecified atom stereocenters. The summed E-state index contributed by atoms with van der Waals surface area (Å²) in [5.74, 6) is -3.82. The second-order valence-electron chi connectivity index (χ2n) is 4.47. The first-order valence-electron chi connectivity index (χ1n) is 5.21. The summed E-state index contributed by atoms with van der Waals surface area (Å²) in [6.07, 6.45) is 0.296. The van der Waals surface area contributed by atoms with Crippen LogP contribution in [0, 0.1) is 5.92 Å². The molecule has 15 heavy (non-hydrogen) atoms. The van der Waals surface area contributed by atoms with Gasteiger partial charge in [0.05, 0.1) is 19.3 Å². The van der Waals surface area contributed by atoms with Gasteiger partial charge in [0, 0.05) is 18.4 Å². The van der Waals surface area contributed by atoms with Crippen LogP contribution in [0.25, 0.3) is 0 Å². The molecule has 2 bridgehead atoms. The molecule has 2 aliphatic heterocycles. The summed E-state index contributed by atoms with van der Waals surface area (Å²) in [6, 6.07) is -0.943. The lowest BCUT2D eigenvalue weighted by molar-refractivity contribution is -0.165. The van der Waals surface area contributed by atoms with Crippen molar-refractivity contribution in [3.8, 4) is 0 Å². The van der Waals surface area contributed by atoms with Gasteiger partial charge < -0.3 is 14.8 Å². The van der Waals surface area contributed by atoms with Gasteiger partial charge in [-0.2, -0.15) is 0 Å². The second kappa shape index (κ2) is 3.79. The number of Topliss-reactive ketones (excluding diaryl/α,β-unsaturated/α-hetero) is 1. The number of halogens is 2. The fraction of sp³-hybridized carbons (Fsp3) is 0.900. The summed E-state index contributed by atoms with van der Waals surface area (Å²) in [6.45, 7) is 1.88. The van der Waals surface area contributed by atoms with E-state index in [2.05, 4.69) is 5.32 Å². The number of morpholine rings is 1. The van der Waals surface area contributed by atoms with Gasteiger partial charge in [0.2, 0.25) is 0 Å². The maximum Gasteiger partial charge on any atom is 0.268 e. The number of ketones is 1. The summed E-state index contributed by atoms with van der Waals surface area (Å²) < 4.78 is 32.7.